The Morgan fingerprint density at radius 2 is 1.74 bits per heavy atom. The van der Waals surface area contributed by atoms with E-state index < -0.39 is 0 Å². The number of rotatable bonds is 3. The molecule has 0 aliphatic carbocycles. The van der Waals surface area contributed by atoms with Gasteiger partial charge < -0.3 is 4.40 Å². The minimum atomic E-state index is 0.695. The van der Waals surface area contributed by atoms with E-state index in [0.717, 1.165) is 22.6 Å². The number of pyridine rings is 1. The smallest absolute Gasteiger partial charge is 0.137 e. The number of fused-ring (bicyclic) bond motifs is 1. The van der Waals surface area contributed by atoms with Crippen LogP contribution in [0.15, 0.2) is 61.1 Å². The van der Waals surface area contributed by atoms with E-state index in [4.69, 9.17) is 4.98 Å². The third kappa shape index (κ3) is 2.52. The summed E-state index contributed by atoms with van der Waals surface area (Å²) in [5.41, 5.74) is 6.74. The van der Waals surface area contributed by atoms with Crippen LogP contribution in [0.5, 0.6) is 0 Å². The molecular formula is C19H18N4. The molecule has 0 saturated heterocycles. The van der Waals surface area contributed by atoms with E-state index in [1.54, 1.807) is 6.20 Å². The Hall–Kier alpha value is -2.88. The van der Waals surface area contributed by atoms with Crippen molar-refractivity contribution in [2.24, 2.45) is 0 Å². The number of hydrogen-bond donors (Lipinski definition) is 0. The molecule has 114 valence electrons. The van der Waals surface area contributed by atoms with Crippen LogP contribution in [-0.4, -0.2) is 19.2 Å². The molecule has 0 aliphatic heterocycles. The van der Waals surface area contributed by atoms with Crippen molar-refractivity contribution in [1.82, 2.24) is 19.2 Å². The molecule has 0 bridgehead atoms. The zero-order chi connectivity index (χ0) is 15.8. The van der Waals surface area contributed by atoms with Gasteiger partial charge in [0.25, 0.3) is 0 Å². The standard InChI is InChI=1S/C19H18N4/c1-14-4-7-16(8-5-14)19-17(13-22-11-3-10-20-22)23-12-15(2)6-9-18(23)21-19/h3-12H,13H2,1-2H3. The highest BCUT2D eigenvalue weighted by Crippen LogP contribution is 2.26. The first-order valence-electron chi connectivity index (χ1n) is 7.73. The zero-order valence-electron chi connectivity index (χ0n) is 13.3. The molecule has 23 heavy (non-hydrogen) atoms. The molecule has 0 fully saturated rings. The third-order valence-corrected chi connectivity index (χ3v) is 4.06. The Morgan fingerprint density at radius 3 is 2.48 bits per heavy atom. The third-order valence-electron chi connectivity index (χ3n) is 4.06. The number of nitrogens with zero attached hydrogens (tertiary/aromatic N) is 4. The molecule has 4 aromatic rings. The predicted octanol–water partition coefficient (Wildman–Crippen LogP) is 3.86. The SMILES string of the molecule is Cc1ccc(-c2nc3ccc(C)cn3c2Cn2cccn2)cc1. The quantitative estimate of drug-likeness (QED) is 0.576. The second-order valence-electron chi connectivity index (χ2n) is 5.91. The van der Waals surface area contributed by atoms with Crippen LogP contribution in [0.3, 0.4) is 0 Å². The molecule has 4 nitrogen and oxygen atoms in total. The van der Waals surface area contributed by atoms with Crippen molar-refractivity contribution < 1.29 is 0 Å². The van der Waals surface area contributed by atoms with Crippen molar-refractivity contribution in [3.05, 3.63) is 77.9 Å². The summed E-state index contributed by atoms with van der Waals surface area (Å²) < 4.78 is 4.11. The topological polar surface area (TPSA) is 35.1 Å². The van der Waals surface area contributed by atoms with Crippen LogP contribution in [0.4, 0.5) is 0 Å². The summed E-state index contributed by atoms with van der Waals surface area (Å²) >= 11 is 0. The fourth-order valence-corrected chi connectivity index (χ4v) is 2.84. The van der Waals surface area contributed by atoms with Crippen LogP contribution in [0, 0.1) is 13.8 Å². The van der Waals surface area contributed by atoms with Crippen molar-refractivity contribution in [3.8, 4) is 11.3 Å². The normalized spacial score (nSPS) is 11.2. The summed E-state index contributed by atoms with van der Waals surface area (Å²) in [5, 5.41) is 4.34. The van der Waals surface area contributed by atoms with Crippen LogP contribution in [0.1, 0.15) is 16.8 Å². The lowest BCUT2D eigenvalue weighted by Gasteiger charge is -2.07. The molecule has 0 radical (unpaired) electrons. The number of hydrogen-bond acceptors (Lipinski definition) is 2. The number of imidazole rings is 1. The van der Waals surface area contributed by atoms with E-state index >= 15 is 0 Å². The molecule has 3 heterocycles. The van der Waals surface area contributed by atoms with Gasteiger partial charge in [-0.3, -0.25) is 4.68 Å². The van der Waals surface area contributed by atoms with Crippen LogP contribution >= 0.6 is 0 Å². The maximum atomic E-state index is 4.86. The van der Waals surface area contributed by atoms with Crippen LogP contribution in [0.2, 0.25) is 0 Å². The minimum absolute atomic E-state index is 0.695. The lowest BCUT2D eigenvalue weighted by Crippen LogP contribution is -2.04. The molecule has 0 saturated carbocycles. The van der Waals surface area contributed by atoms with E-state index in [9.17, 15) is 0 Å². The Kier molecular flexibility index (Phi) is 3.23. The average Bonchev–Trinajstić information content (AvgIpc) is 3.17. The van der Waals surface area contributed by atoms with Gasteiger partial charge in [-0.05, 0) is 31.5 Å². The molecule has 0 amide bonds. The Balaban J connectivity index is 1.93. The molecular weight excluding hydrogens is 284 g/mol. The summed E-state index contributed by atoms with van der Waals surface area (Å²) in [4.78, 5) is 4.86. The molecule has 0 spiro atoms. The summed E-state index contributed by atoms with van der Waals surface area (Å²) in [5.74, 6) is 0. The lowest BCUT2D eigenvalue weighted by molar-refractivity contribution is 0.669. The molecule has 4 rings (SSSR count). The minimum Gasteiger partial charge on any atom is -0.301 e. The summed E-state index contributed by atoms with van der Waals surface area (Å²) in [7, 11) is 0. The number of benzene rings is 1. The summed E-state index contributed by atoms with van der Waals surface area (Å²) in [6, 6.07) is 14.6. The van der Waals surface area contributed by atoms with Gasteiger partial charge in [-0.2, -0.15) is 5.10 Å². The number of aromatic nitrogens is 4. The Labute approximate surface area is 135 Å². The van der Waals surface area contributed by atoms with Crippen molar-refractivity contribution >= 4 is 5.65 Å². The first kappa shape index (κ1) is 13.8. The largest absolute Gasteiger partial charge is 0.301 e. The van der Waals surface area contributed by atoms with E-state index in [1.807, 2.05) is 16.9 Å². The molecule has 0 aliphatic rings. The fourth-order valence-electron chi connectivity index (χ4n) is 2.84. The second kappa shape index (κ2) is 5.39. The van der Waals surface area contributed by atoms with Crippen LogP contribution < -0.4 is 0 Å². The highest BCUT2D eigenvalue weighted by atomic mass is 15.3. The first-order chi connectivity index (χ1) is 11.2. The highest BCUT2D eigenvalue weighted by Gasteiger charge is 2.14. The van der Waals surface area contributed by atoms with Crippen molar-refractivity contribution in [3.63, 3.8) is 0 Å². The van der Waals surface area contributed by atoms with Gasteiger partial charge in [-0.1, -0.05) is 35.9 Å². The molecule has 0 N–H and O–H groups in total. The van der Waals surface area contributed by atoms with Gasteiger partial charge in [-0.15, -0.1) is 0 Å². The van der Waals surface area contributed by atoms with E-state index in [2.05, 4.69) is 65.9 Å². The van der Waals surface area contributed by atoms with Crippen molar-refractivity contribution in [1.29, 1.82) is 0 Å². The van der Waals surface area contributed by atoms with Crippen LogP contribution in [0.25, 0.3) is 16.9 Å². The van der Waals surface area contributed by atoms with Crippen molar-refractivity contribution in [2.75, 3.05) is 0 Å². The average molecular weight is 302 g/mol. The van der Waals surface area contributed by atoms with E-state index in [0.29, 0.717) is 6.54 Å². The highest BCUT2D eigenvalue weighted by molar-refractivity contribution is 5.67. The maximum Gasteiger partial charge on any atom is 0.137 e. The molecule has 0 unspecified atom stereocenters. The monoisotopic (exact) mass is 302 g/mol. The fraction of sp³-hybridized carbons (Fsp3) is 0.158. The molecule has 4 heteroatoms. The predicted molar refractivity (Wildman–Crippen MR) is 91.4 cm³/mol. The Morgan fingerprint density at radius 1 is 0.957 bits per heavy atom. The summed E-state index contributed by atoms with van der Waals surface area (Å²) in [6.07, 6.45) is 5.92. The van der Waals surface area contributed by atoms with Crippen LogP contribution in [-0.2, 0) is 6.54 Å². The maximum absolute atomic E-state index is 4.86. The second-order valence-corrected chi connectivity index (χ2v) is 5.91. The van der Waals surface area contributed by atoms with Gasteiger partial charge in [0.15, 0.2) is 0 Å². The zero-order valence-corrected chi connectivity index (χ0v) is 13.3. The Bertz CT molecular complexity index is 947. The molecule has 3 aromatic heterocycles. The van der Waals surface area contributed by atoms with E-state index in [-0.39, 0.29) is 0 Å². The van der Waals surface area contributed by atoms with E-state index in [1.165, 1.54) is 11.1 Å². The van der Waals surface area contributed by atoms with Gasteiger partial charge in [0.2, 0.25) is 0 Å². The number of aryl methyl sites for hydroxylation is 2. The van der Waals surface area contributed by atoms with Crippen molar-refractivity contribution in [2.45, 2.75) is 20.4 Å². The molecule has 1 aromatic carbocycles. The van der Waals surface area contributed by atoms with Gasteiger partial charge in [0.05, 0.1) is 17.9 Å². The van der Waals surface area contributed by atoms with Gasteiger partial charge in [0, 0.05) is 24.2 Å². The van der Waals surface area contributed by atoms with Gasteiger partial charge in [-0.25, -0.2) is 4.98 Å². The van der Waals surface area contributed by atoms with Gasteiger partial charge >= 0.3 is 0 Å². The summed E-state index contributed by atoms with van der Waals surface area (Å²) in [6.45, 7) is 4.89. The molecule has 0 atom stereocenters. The lowest BCUT2D eigenvalue weighted by atomic mass is 10.1. The van der Waals surface area contributed by atoms with Gasteiger partial charge in [0.1, 0.15) is 5.65 Å². The first-order valence-corrected chi connectivity index (χ1v) is 7.73.